The number of hydrogen-bond acceptors (Lipinski definition) is 2. The monoisotopic (exact) mass is 273 g/mol. The van der Waals surface area contributed by atoms with Crippen LogP contribution >= 0.6 is 0 Å². The van der Waals surface area contributed by atoms with E-state index >= 15 is 0 Å². The molecule has 0 spiro atoms. The Morgan fingerprint density at radius 1 is 1.25 bits per heavy atom. The summed E-state index contributed by atoms with van der Waals surface area (Å²) in [6, 6.07) is 7.28. The fraction of sp³-hybridized carbons (Fsp3) is 0.667. The van der Waals surface area contributed by atoms with Crippen molar-refractivity contribution in [3.63, 3.8) is 0 Å². The molecule has 2 nitrogen and oxygen atoms in total. The SMILES string of the molecule is CNC(c1ccc2c(c1)CCO2)C1CCC(C)(C)CC1. The summed E-state index contributed by atoms with van der Waals surface area (Å²) < 4.78 is 5.62. The minimum Gasteiger partial charge on any atom is -0.493 e. The summed E-state index contributed by atoms with van der Waals surface area (Å²) in [4.78, 5) is 0. The molecule has 1 saturated carbocycles. The summed E-state index contributed by atoms with van der Waals surface area (Å²) in [6.45, 7) is 5.66. The Bertz CT molecular complexity index is 470. The maximum Gasteiger partial charge on any atom is 0.122 e. The van der Waals surface area contributed by atoms with Gasteiger partial charge in [-0.05, 0) is 61.3 Å². The van der Waals surface area contributed by atoms with E-state index in [1.54, 1.807) is 0 Å². The average Bonchev–Trinajstić information content (AvgIpc) is 2.89. The minimum absolute atomic E-state index is 0.497. The molecule has 1 N–H and O–H groups in total. The number of fused-ring (bicyclic) bond motifs is 1. The highest BCUT2D eigenvalue weighted by Gasteiger charge is 2.31. The maximum atomic E-state index is 5.62. The molecule has 110 valence electrons. The van der Waals surface area contributed by atoms with Gasteiger partial charge in [0.25, 0.3) is 0 Å². The Kier molecular flexibility index (Phi) is 3.76. The summed E-state index contributed by atoms with van der Waals surface area (Å²) in [6.07, 6.45) is 6.45. The molecule has 2 aliphatic rings. The molecule has 1 aromatic rings. The van der Waals surface area contributed by atoms with Crippen LogP contribution in [0.3, 0.4) is 0 Å². The molecule has 0 aromatic heterocycles. The quantitative estimate of drug-likeness (QED) is 0.895. The van der Waals surface area contributed by atoms with Gasteiger partial charge in [-0.2, -0.15) is 0 Å². The number of nitrogens with one attached hydrogen (secondary N) is 1. The predicted octanol–water partition coefficient (Wildman–Crippen LogP) is 4.10. The lowest BCUT2D eigenvalue weighted by Crippen LogP contribution is -2.31. The fourth-order valence-corrected chi connectivity index (χ4v) is 3.83. The second-order valence-corrected chi connectivity index (χ2v) is 7.23. The molecule has 0 saturated heterocycles. The van der Waals surface area contributed by atoms with Gasteiger partial charge in [0.15, 0.2) is 0 Å². The lowest BCUT2D eigenvalue weighted by atomic mass is 9.70. The Morgan fingerprint density at radius 2 is 2.00 bits per heavy atom. The zero-order valence-electron chi connectivity index (χ0n) is 13.0. The maximum absolute atomic E-state index is 5.62. The van der Waals surface area contributed by atoms with Crippen LogP contribution in [0.1, 0.15) is 56.7 Å². The Labute approximate surface area is 122 Å². The second kappa shape index (κ2) is 5.40. The highest BCUT2D eigenvalue weighted by atomic mass is 16.5. The van der Waals surface area contributed by atoms with Gasteiger partial charge < -0.3 is 10.1 Å². The van der Waals surface area contributed by atoms with Gasteiger partial charge in [0.1, 0.15) is 5.75 Å². The van der Waals surface area contributed by atoms with Crippen molar-refractivity contribution in [1.29, 1.82) is 0 Å². The van der Waals surface area contributed by atoms with E-state index in [0.717, 1.165) is 24.7 Å². The third-order valence-corrected chi connectivity index (χ3v) is 5.24. The summed E-state index contributed by atoms with van der Waals surface area (Å²) >= 11 is 0. The first-order chi connectivity index (χ1) is 9.59. The molecule has 1 aliphatic heterocycles. The molecule has 3 rings (SSSR count). The molecule has 1 unspecified atom stereocenters. The fourth-order valence-electron chi connectivity index (χ4n) is 3.83. The number of rotatable bonds is 3. The van der Waals surface area contributed by atoms with E-state index in [4.69, 9.17) is 4.74 Å². The van der Waals surface area contributed by atoms with E-state index < -0.39 is 0 Å². The molecule has 0 radical (unpaired) electrons. The van der Waals surface area contributed by atoms with Crippen LogP contribution in [-0.4, -0.2) is 13.7 Å². The van der Waals surface area contributed by atoms with E-state index in [9.17, 15) is 0 Å². The first-order valence-corrected chi connectivity index (χ1v) is 8.02. The summed E-state index contributed by atoms with van der Waals surface area (Å²) in [5, 5.41) is 3.57. The number of benzene rings is 1. The van der Waals surface area contributed by atoms with Gasteiger partial charge in [0, 0.05) is 12.5 Å². The molecule has 2 heteroatoms. The van der Waals surface area contributed by atoms with Crippen LogP contribution in [0.5, 0.6) is 5.75 Å². The van der Waals surface area contributed by atoms with Crippen molar-refractivity contribution >= 4 is 0 Å². The molecular formula is C18H27NO. The highest BCUT2D eigenvalue weighted by Crippen LogP contribution is 2.43. The van der Waals surface area contributed by atoms with Gasteiger partial charge in [0.2, 0.25) is 0 Å². The highest BCUT2D eigenvalue weighted by molar-refractivity contribution is 5.41. The topological polar surface area (TPSA) is 21.3 Å². The van der Waals surface area contributed by atoms with Crippen molar-refractivity contribution in [3.05, 3.63) is 29.3 Å². The molecule has 1 heterocycles. The molecule has 0 bridgehead atoms. The van der Waals surface area contributed by atoms with E-state index in [-0.39, 0.29) is 0 Å². The van der Waals surface area contributed by atoms with Gasteiger partial charge in [-0.1, -0.05) is 26.0 Å². The third-order valence-electron chi connectivity index (χ3n) is 5.24. The second-order valence-electron chi connectivity index (χ2n) is 7.23. The van der Waals surface area contributed by atoms with Crippen LogP contribution in [-0.2, 0) is 6.42 Å². The predicted molar refractivity (Wildman–Crippen MR) is 83.2 cm³/mol. The van der Waals surface area contributed by atoms with Gasteiger partial charge >= 0.3 is 0 Å². The summed E-state index contributed by atoms with van der Waals surface area (Å²) in [7, 11) is 2.11. The van der Waals surface area contributed by atoms with E-state index in [1.165, 1.54) is 36.8 Å². The molecule has 1 fully saturated rings. The molecule has 0 amide bonds. The Morgan fingerprint density at radius 3 is 2.70 bits per heavy atom. The summed E-state index contributed by atoms with van der Waals surface area (Å²) in [5.74, 6) is 1.86. The van der Waals surface area contributed by atoms with Crippen molar-refractivity contribution in [2.24, 2.45) is 11.3 Å². The van der Waals surface area contributed by atoms with Crippen molar-refractivity contribution in [2.75, 3.05) is 13.7 Å². The Hall–Kier alpha value is -1.02. The third kappa shape index (κ3) is 2.71. The molecule has 1 atom stereocenters. The molecule has 20 heavy (non-hydrogen) atoms. The lowest BCUT2D eigenvalue weighted by Gasteiger charge is -2.38. The van der Waals surface area contributed by atoms with Crippen molar-refractivity contribution in [2.45, 2.75) is 52.0 Å². The zero-order valence-corrected chi connectivity index (χ0v) is 13.0. The van der Waals surface area contributed by atoms with E-state index in [2.05, 4.69) is 44.4 Å². The summed E-state index contributed by atoms with van der Waals surface area (Å²) in [5.41, 5.74) is 3.38. The number of ether oxygens (including phenoxy) is 1. The van der Waals surface area contributed by atoms with Crippen LogP contribution in [0.2, 0.25) is 0 Å². The van der Waals surface area contributed by atoms with Gasteiger partial charge in [0.05, 0.1) is 6.61 Å². The van der Waals surface area contributed by atoms with E-state index in [1.807, 2.05) is 0 Å². The largest absolute Gasteiger partial charge is 0.493 e. The van der Waals surface area contributed by atoms with Crippen LogP contribution in [0.15, 0.2) is 18.2 Å². The molecule has 1 aromatic carbocycles. The normalized spacial score (nSPS) is 23.1. The minimum atomic E-state index is 0.497. The van der Waals surface area contributed by atoms with Gasteiger partial charge in [-0.3, -0.25) is 0 Å². The number of hydrogen-bond donors (Lipinski definition) is 1. The smallest absolute Gasteiger partial charge is 0.122 e. The lowest BCUT2D eigenvalue weighted by molar-refractivity contribution is 0.164. The van der Waals surface area contributed by atoms with Gasteiger partial charge in [-0.15, -0.1) is 0 Å². The van der Waals surface area contributed by atoms with Crippen molar-refractivity contribution < 1.29 is 4.74 Å². The average molecular weight is 273 g/mol. The molecular weight excluding hydrogens is 246 g/mol. The van der Waals surface area contributed by atoms with Crippen LogP contribution in [0, 0.1) is 11.3 Å². The Balaban J connectivity index is 1.77. The first-order valence-electron chi connectivity index (χ1n) is 8.02. The molecule has 1 aliphatic carbocycles. The van der Waals surface area contributed by atoms with Crippen LogP contribution in [0.25, 0.3) is 0 Å². The zero-order chi connectivity index (χ0) is 14.2. The standard InChI is InChI=1S/C18H27NO/c1-18(2)9-6-13(7-10-18)17(19-3)15-4-5-16-14(12-15)8-11-20-16/h4-5,12-13,17,19H,6-11H2,1-3H3. The van der Waals surface area contributed by atoms with Crippen LogP contribution < -0.4 is 10.1 Å². The van der Waals surface area contributed by atoms with Crippen LogP contribution in [0.4, 0.5) is 0 Å². The van der Waals surface area contributed by atoms with E-state index in [0.29, 0.717) is 11.5 Å². The van der Waals surface area contributed by atoms with Crippen molar-refractivity contribution in [3.8, 4) is 5.75 Å². The first kappa shape index (κ1) is 13.9. The van der Waals surface area contributed by atoms with Gasteiger partial charge in [-0.25, -0.2) is 0 Å². The van der Waals surface area contributed by atoms with Crippen molar-refractivity contribution in [1.82, 2.24) is 5.32 Å².